The van der Waals surface area contributed by atoms with Crippen molar-refractivity contribution in [3.8, 4) is 0 Å². The second-order valence-corrected chi connectivity index (χ2v) is 6.98. The van der Waals surface area contributed by atoms with Gasteiger partial charge in [0.1, 0.15) is 0 Å². The molecule has 0 atom stereocenters. The summed E-state index contributed by atoms with van der Waals surface area (Å²) in [6.45, 7) is 4.68. The monoisotopic (exact) mass is 320 g/mol. The van der Waals surface area contributed by atoms with Gasteiger partial charge in [-0.05, 0) is 26.8 Å². The molecule has 1 N–H and O–H groups in total. The van der Waals surface area contributed by atoms with Crippen LogP contribution in [-0.4, -0.2) is 25.3 Å². The van der Waals surface area contributed by atoms with Crippen molar-refractivity contribution in [2.75, 3.05) is 0 Å². The summed E-state index contributed by atoms with van der Waals surface area (Å²) in [7, 11) is 1.05. The number of nitrogens with one attached hydrogen (secondary N) is 1. The molecule has 0 saturated heterocycles. The van der Waals surface area contributed by atoms with Gasteiger partial charge >= 0.3 is 0 Å². The quantitative estimate of drug-likeness (QED) is 0.518. The molecule has 0 aliphatic carbocycles. The summed E-state index contributed by atoms with van der Waals surface area (Å²) in [6, 6.07) is 1.86. The number of carbonyl (C=O) groups excluding carboxylic acids is 1. The predicted octanol–water partition coefficient (Wildman–Crippen LogP) is 1.97. The lowest BCUT2D eigenvalue weighted by molar-refractivity contribution is -0.385. The zero-order valence-electron chi connectivity index (χ0n) is 11.0. The molecule has 0 aliphatic heterocycles. The highest BCUT2D eigenvalue weighted by atomic mass is 35.7. The fraction of sp³-hybridized carbons (Fsp3) is 0.364. The van der Waals surface area contributed by atoms with Crippen molar-refractivity contribution >= 4 is 31.3 Å². The van der Waals surface area contributed by atoms with Crippen LogP contribution >= 0.6 is 10.7 Å². The van der Waals surface area contributed by atoms with Crippen LogP contribution in [0.3, 0.4) is 0 Å². The Morgan fingerprint density at radius 1 is 1.40 bits per heavy atom. The molecule has 0 aromatic heterocycles. The normalized spacial score (nSPS) is 11.4. The summed E-state index contributed by atoms with van der Waals surface area (Å²) in [5.41, 5.74) is -0.707. The van der Waals surface area contributed by atoms with E-state index < -0.39 is 30.5 Å². The van der Waals surface area contributed by atoms with Crippen LogP contribution in [0.2, 0.25) is 0 Å². The van der Waals surface area contributed by atoms with E-state index in [1.807, 2.05) is 0 Å². The van der Waals surface area contributed by atoms with Gasteiger partial charge in [-0.25, -0.2) is 8.42 Å². The van der Waals surface area contributed by atoms with E-state index in [-0.39, 0.29) is 17.2 Å². The number of benzene rings is 1. The minimum atomic E-state index is -4.19. The molecule has 1 aromatic rings. The van der Waals surface area contributed by atoms with E-state index in [0.29, 0.717) is 0 Å². The standard InChI is InChI=1S/C11H13ClN2O5S/c1-6(2)13-11(15)8-4-9(14(16)17)7(3)10(5-8)20(12,18)19/h4-6H,1-3H3,(H,13,15). The molecule has 0 fully saturated rings. The first-order chi connectivity index (χ1) is 9.04. The molecule has 9 heteroatoms. The number of halogens is 1. The Labute approximate surface area is 120 Å². The molecule has 1 aromatic carbocycles. The lowest BCUT2D eigenvalue weighted by Crippen LogP contribution is -2.30. The highest BCUT2D eigenvalue weighted by Crippen LogP contribution is 2.29. The van der Waals surface area contributed by atoms with Gasteiger partial charge in [0.2, 0.25) is 0 Å². The molecule has 7 nitrogen and oxygen atoms in total. The van der Waals surface area contributed by atoms with Crippen molar-refractivity contribution in [3.63, 3.8) is 0 Å². The van der Waals surface area contributed by atoms with Gasteiger partial charge in [0.05, 0.1) is 9.82 Å². The molecule has 0 aliphatic rings. The molecular weight excluding hydrogens is 308 g/mol. The molecule has 0 heterocycles. The van der Waals surface area contributed by atoms with Crippen molar-refractivity contribution < 1.29 is 18.1 Å². The topological polar surface area (TPSA) is 106 Å². The predicted molar refractivity (Wildman–Crippen MR) is 73.5 cm³/mol. The van der Waals surface area contributed by atoms with Crippen LogP contribution in [0.15, 0.2) is 17.0 Å². The van der Waals surface area contributed by atoms with Crippen molar-refractivity contribution in [1.29, 1.82) is 0 Å². The number of amides is 1. The summed E-state index contributed by atoms with van der Waals surface area (Å²) < 4.78 is 22.9. The van der Waals surface area contributed by atoms with E-state index in [9.17, 15) is 23.3 Å². The Bertz CT molecular complexity index is 670. The maximum atomic E-state index is 11.8. The number of nitrogens with zero attached hydrogens (tertiary/aromatic N) is 1. The third-order valence-corrected chi connectivity index (χ3v) is 3.92. The van der Waals surface area contributed by atoms with E-state index in [4.69, 9.17) is 10.7 Å². The van der Waals surface area contributed by atoms with E-state index in [0.717, 1.165) is 12.1 Å². The molecule has 1 rings (SSSR count). The van der Waals surface area contributed by atoms with Gasteiger partial charge in [0.25, 0.3) is 20.6 Å². The van der Waals surface area contributed by atoms with Gasteiger partial charge < -0.3 is 5.32 Å². The molecule has 0 spiro atoms. The molecule has 20 heavy (non-hydrogen) atoms. The minimum absolute atomic E-state index is 0.105. The molecule has 110 valence electrons. The zero-order chi connectivity index (χ0) is 15.7. The number of rotatable bonds is 4. The Balaban J connectivity index is 3.53. The maximum absolute atomic E-state index is 11.8. The number of carbonyl (C=O) groups is 1. The Hall–Kier alpha value is -1.67. The average Bonchev–Trinajstić information content (AvgIpc) is 2.25. The lowest BCUT2D eigenvalue weighted by atomic mass is 10.1. The fourth-order valence-electron chi connectivity index (χ4n) is 1.59. The number of nitro benzene ring substituents is 1. The highest BCUT2D eigenvalue weighted by molar-refractivity contribution is 8.13. The summed E-state index contributed by atoms with van der Waals surface area (Å²) in [5.74, 6) is -0.607. The van der Waals surface area contributed by atoms with Gasteiger partial charge in [-0.2, -0.15) is 0 Å². The van der Waals surface area contributed by atoms with E-state index in [1.54, 1.807) is 13.8 Å². The fourth-order valence-corrected chi connectivity index (χ4v) is 2.81. The molecule has 1 amide bonds. The highest BCUT2D eigenvalue weighted by Gasteiger charge is 2.25. The van der Waals surface area contributed by atoms with Gasteiger partial charge in [-0.15, -0.1) is 0 Å². The van der Waals surface area contributed by atoms with Gasteiger partial charge in [-0.1, -0.05) is 0 Å². The second-order valence-electron chi connectivity index (χ2n) is 4.44. The van der Waals surface area contributed by atoms with Crippen LogP contribution in [-0.2, 0) is 9.05 Å². The molecule has 0 unspecified atom stereocenters. The van der Waals surface area contributed by atoms with Crippen molar-refractivity contribution in [2.24, 2.45) is 0 Å². The summed E-state index contributed by atoms with van der Waals surface area (Å²) in [6.07, 6.45) is 0. The van der Waals surface area contributed by atoms with Crippen LogP contribution in [0, 0.1) is 17.0 Å². The van der Waals surface area contributed by atoms with Crippen LogP contribution in [0.1, 0.15) is 29.8 Å². The lowest BCUT2D eigenvalue weighted by Gasteiger charge is -2.10. The third kappa shape index (κ3) is 3.67. The first-order valence-corrected chi connectivity index (χ1v) is 7.89. The second kappa shape index (κ2) is 5.76. The Morgan fingerprint density at radius 3 is 2.35 bits per heavy atom. The van der Waals surface area contributed by atoms with Crippen molar-refractivity contribution in [1.82, 2.24) is 5.32 Å². The summed E-state index contributed by atoms with van der Waals surface area (Å²) in [5, 5.41) is 13.5. The summed E-state index contributed by atoms with van der Waals surface area (Å²) in [4.78, 5) is 21.6. The zero-order valence-corrected chi connectivity index (χ0v) is 12.6. The van der Waals surface area contributed by atoms with E-state index in [2.05, 4.69) is 5.32 Å². The Morgan fingerprint density at radius 2 is 1.95 bits per heavy atom. The van der Waals surface area contributed by atoms with Crippen LogP contribution in [0.5, 0.6) is 0 Å². The first kappa shape index (κ1) is 16.4. The molecule has 0 radical (unpaired) electrons. The molecular formula is C11H13ClN2O5S. The van der Waals surface area contributed by atoms with Gasteiger partial charge in [0.15, 0.2) is 0 Å². The molecule has 0 saturated carbocycles. The largest absolute Gasteiger partial charge is 0.350 e. The smallest absolute Gasteiger partial charge is 0.274 e. The van der Waals surface area contributed by atoms with Gasteiger partial charge in [-0.3, -0.25) is 14.9 Å². The average molecular weight is 321 g/mol. The van der Waals surface area contributed by atoms with Gasteiger partial charge in [0, 0.05) is 33.9 Å². The Kier molecular flexibility index (Phi) is 4.72. The summed E-state index contributed by atoms with van der Waals surface area (Å²) >= 11 is 0. The number of hydrogen-bond acceptors (Lipinski definition) is 5. The van der Waals surface area contributed by atoms with Crippen LogP contribution < -0.4 is 5.32 Å². The van der Waals surface area contributed by atoms with Crippen molar-refractivity contribution in [2.45, 2.75) is 31.7 Å². The van der Waals surface area contributed by atoms with Crippen LogP contribution in [0.4, 0.5) is 5.69 Å². The van der Waals surface area contributed by atoms with Crippen LogP contribution in [0.25, 0.3) is 0 Å². The minimum Gasteiger partial charge on any atom is -0.350 e. The first-order valence-electron chi connectivity index (χ1n) is 5.58. The number of nitro groups is 1. The third-order valence-electron chi connectivity index (χ3n) is 2.47. The van der Waals surface area contributed by atoms with E-state index >= 15 is 0 Å². The number of hydrogen-bond donors (Lipinski definition) is 1. The maximum Gasteiger partial charge on any atom is 0.274 e. The molecule has 0 bridgehead atoms. The SMILES string of the molecule is Cc1c([N+](=O)[O-])cc(C(=O)NC(C)C)cc1S(=O)(=O)Cl. The van der Waals surface area contributed by atoms with E-state index in [1.165, 1.54) is 6.92 Å². The van der Waals surface area contributed by atoms with Crippen molar-refractivity contribution in [3.05, 3.63) is 33.4 Å².